The van der Waals surface area contributed by atoms with Crippen molar-refractivity contribution in [3.63, 3.8) is 0 Å². The zero-order chi connectivity index (χ0) is 17.3. The zero-order valence-electron chi connectivity index (χ0n) is 14.4. The fraction of sp³-hybridized carbons (Fsp3) is 0.421. The number of urea groups is 1. The van der Waals surface area contributed by atoms with Crippen LogP contribution in [-0.4, -0.2) is 43.8 Å². The van der Waals surface area contributed by atoms with Crippen LogP contribution in [0.2, 0.25) is 0 Å². The van der Waals surface area contributed by atoms with Crippen LogP contribution in [0.1, 0.15) is 16.0 Å². The first kappa shape index (κ1) is 17.9. The van der Waals surface area contributed by atoms with Crippen molar-refractivity contribution in [2.24, 2.45) is 0 Å². The Labute approximate surface area is 153 Å². The average molecular weight is 359 g/mol. The Morgan fingerprint density at radius 2 is 1.84 bits per heavy atom. The third-order valence-corrected chi connectivity index (χ3v) is 5.16. The van der Waals surface area contributed by atoms with Crippen LogP contribution >= 0.6 is 11.3 Å². The molecule has 1 fully saturated rings. The number of benzene rings is 1. The molecule has 2 N–H and O–H groups in total. The van der Waals surface area contributed by atoms with Gasteiger partial charge in [0.15, 0.2) is 0 Å². The first-order chi connectivity index (χ1) is 12.3. The highest BCUT2D eigenvalue weighted by Gasteiger charge is 2.10. The van der Waals surface area contributed by atoms with Gasteiger partial charge in [-0.05, 0) is 29.0 Å². The van der Waals surface area contributed by atoms with E-state index in [1.54, 1.807) is 11.3 Å². The third-order valence-electron chi connectivity index (χ3n) is 4.22. The number of hydrogen-bond acceptors (Lipinski definition) is 4. The maximum Gasteiger partial charge on any atom is 0.315 e. The lowest BCUT2D eigenvalue weighted by molar-refractivity contribution is 0.0342. The Hall–Kier alpha value is -1.89. The second-order valence-corrected chi connectivity index (χ2v) is 7.18. The number of hydrogen-bond donors (Lipinski definition) is 2. The first-order valence-electron chi connectivity index (χ1n) is 8.71. The molecule has 1 aliphatic heterocycles. The molecule has 6 heteroatoms. The van der Waals surface area contributed by atoms with Crippen LogP contribution in [0, 0.1) is 0 Å². The summed E-state index contributed by atoms with van der Waals surface area (Å²) in [5, 5.41) is 7.85. The van der Waals surface area contributed by atoms with Crippen LogP contribution in [0.15, 0.2) is 41.8 Å². The van der Waals surface area contributed by atoms with Gasteiger partial charge < -0.3 is 15.4 Å². The van der Waals surface area contributed by atoms with Gasteiger partial charge in [-0.2, -0.15) is 0 Å². The zero-order valence-corrected chi connectivity index (χ0v) is 15.2. The van der Waals surface area contributed by atoms with Gasteiger partial charge in [0.05, 0.1) is 13.2 Å². The molecule has 3 rings (SSSR count). The van der Waals surface area contributed by atoms with Crippen LogP contribution in [0.25, 0.3) is 0 Å². The van der Waals surface area contributed by atoms with Gasteiger partial charge in [0.1, 0.15) is 0 Å². The smallest absolute Gasteiger partial charge is 0.315 e. The van der Waals surface area contributed by atoms with E-state index in [2.05, 4.69) is 51.2 Å². The Bertz CT molecular complexity index is 637. The van der Waals surface area contributed by atoms with Gasteiger partial charge in [0.2, 0.25) is 0 Å². The molecule has 0 aliphatic carbocycles. The Balaban J connectivity index is 1.35. The van der Waals surface area contributed by atoms with E-state index in [4.69, 9.17) is 4.74 Å². The summed E-state index contributed by atoms with van der Waals surface area (Å²) in [4.78, 5) is 15.5. The van der Waals surface area contributed by atoms with E-state index in [1.807, 2.05) is 6.07 Å². The second kappa shape index (κ2) is 9.56. The quantitative estimate of drug-likeness (QED) is 0.799. The minimum Gasteiger partial charge on any atom is -0.379 e. The minimum atomic E-state index is -0.117. The molecule has 0 saturated carbocycles. The molecule has 1 aliphatic rings. The van der Waals surface area contributed by atoms with Gasteiger partial charge in [-0.1, -0.05) is 30.3 Å². The number of morpholine rings is 1. The van der Waals surface area contributed by atoms with Crippen LogP contribution in [-0.2, 0) is 24.2 Å². The summed E-state index contributed by atoms with van der Waals surface area (Å²) in [6.45, 7) is 5.80. The van der Waals surface area contributed by atoms with Gasteiger partial charge in [-0.15, -0.1) is 11.3 Å². The molecule has 0 atom stereocenters. The molecule has 0 unspecified atom stereocenters. The van der Waals surface area contributed by atoms with Crippen molar-refractivity contribution in [1.29, 1.82) is 0 Å². The molecule has 2 amide bonds. The van der Waals surface area contributed by atoms with Crippen molar-refractivity contribution in [2.45, 2.75) is 19.5 Å². The topological polar surface area (TPSA) is 53.6 Å². The summed E-state index contributed by atoms with van der Waals surface area (Å²) in [5.74, 6) is 0. The first-order valence-corrected chi connectivity index (χ1v) is 9.59. The van der Waals surface area contributed by atoms with Crippen LogP contribution in [0.4, 0.5) is 4.79 Å². The molecule has 2 heterocycles. The monoisotopic (exact) mass is 359 g/mol. The Kier molecular flexibility index (Phi) is 6.85. The normalized spacial score (nSPS) is 15.0. The largest absolute Gasteiger partial charge is 0.379 e. The highest BCUT2D eigenvalue weighted by molar-refractivity contribution is 7.09. The lowest BCUT2D eigenvalue weighted by Gasteiger charge is -2.26. The predicted molar refractivity (Wildman–Crippen MR) is 101 cm³/mol. The van der Waals surface area contributed by atoms with Gasteiger partial charge in [0.25, 0.3) is 0 Å². The Morgan fingerprint density at radius 3 is 2.56 bits per heavy atom. The number of ether oxygens (including phenoxy) is 1. The summed E-state index contributed by atoms with van der Waals surface area (Å²) in [5.41, 5.74) is 2.41. The van der Waals surface area contributed by atoms with Crippen molar-refractivity contribution in [3.8, 4) is 0 Å². The SMILES string of the molecule is O=C(NCCc1cccs1)NCc1ccc(CN2CCOCC2)cc1. The van der Waals surface area contributed by atoms with E-state index < -0.39 is 0 Å². The van der Waals surface area contributed by atoms with Crippen molar-refractivity contribution in [1.82, 2.24) is 15.5 Å². The number of nitrogens with zero attached hydrogens (tertiary/aromatic N) is 1. The minimum absolute atomic E-state index is 0.117. The van der Waals surface area contributed by atoms with E-state index >= 15 is 0 Å². The van der Waals surface area contributed by atoms with Gasteiger partial charge in [-0.25, -0.2) is 4.79 Å². The van der Waals surface area contributed by atoms with Crippen molar-refractivity contribution in [2.75, 3.05) is 32.8 Å². The number of thiophene rings is 1. The molecule has 2 aromatic rings. The highest BCUT2D eigenvalue weighted by atomic mass is 32.1. The van der Waals surface area contributed by atoms with Crippen LogP contribution in [0.5, 0.6) is 0 Å². The molecule has 134 valence electrons. The lowest BCUT2D eigenvalue weighted by Crippen LogP contribution is -2.36. The molecule has 0 bridgehead atoms. The number of carbonyl (C=O) groups is 1. The standard InChI is InChI=1S/C19H25N3O2S/c23-19(20-8-7-18-2-1-13-25-18)21-14-16-3-5-17(6-4-16)15-22-9-11-24-12-10-22/h1-6,13H,7-12,14-15H2,(H2,20,21,23). The maximum atomic E-state index is 11.8. The molecule has 0 radical (unpaired) electrons. The van der Waals surface area contributed by atoms with E-state index in [9.17, 15) is 4.79 Å². The summed E-state index contributed by atoms with van der Waals surface area (Å²) in [6, 6.07) is 12.5. The molecule has 0 spiro atoms. The Morgan fingerprint density at radius 1 is 1.08 bits per heavy atom. The molecular weight excluding hydrogens is 334 g/mol. The molecular formula is C19H25N3O2S. The predicted octanol–water partition coefficient (Wildman–Crippen LogP) is 2.62. The number of nitrogens with one attached hydrogen (secondary N) is 2. The van der Waals surface area contributed by atoms with Gasteiger partial charge in [-0.3, -0.25) is 4.90 Å². The van der Waals surface area contributed by atoms with Crippen molar-refractivity contribution < 1.29 is 9.53 Å². The highest BCUT2D eigenvalue weighted by Crippen LogP contribution is 2.09. The van der Waals surface area contributed by atoms with Crippen molar-refractivity contribution in [3.05, 3.63) is 57.8 Å². The molecule has 5 nitrogen and oxygen atoms in total. The molecule has 25 heavy (non-hydrogen) atoms. The number of amides is 2. The second-order valence-electron chi connectivity index (χ2n) is 6.14. The van der Waals surface area contributed by atoms with E-state index in [0.717, 1.165) is 44.8 Å². The fourth-order valence-electron chi connectivity index (χ4n) is 2.78. The lowest BCUT2D eigenvalue weighted by atomic mass is 10.1. The number of rotatable bonds is 7. The van der Waals surface area contributed by atoms with Gasteiger partial charge >= 0.3 is 6.03 Å². The summed E-state index contributed by atoms with van der Waals surface area (Å²) >= 11 is 1.72. The molecule has 1 aromatic heterocycles. The summed E-state index contributed by atoms with van der Waals surface area (Å²) in [7, 11) is 0. The van der Waals surface area contributed by atoms with Crippen molar-refractivity contribution >= 4 is 17.4 Å². The van der Waals surface area contributed by atoms with E-state index in [1.165, 1.54) is 10.4 Å². The van der Waals surface area contributed by atoms with Gasteiger partial charge in [0, 0.05) is 37.6 Å². The summed E-state index contributed by atoms with van der Waals surface area (Å²) < 4.78 is 5.37. The third kappa shape index (κ3) is 6.16. The van der Waals surface area contributed by atoms with Crippen LogP contribution in [0.3, 0.4) is 0 Å². The summed E-state index contributed by atoms with van der Waals surface area (Å²) in [6.07, 6.45) is 0.876. The van der Waals surface area contributed by atoms with E-state index in [0.29, 0.717) is 13.1 Å². The fourth-order valence-corrected chi connectivity index (χ4v) is 3.49. The molecule has 1 aromatic carbocycles. The average Bonchev–Trinajstić information content (AvgIpc) is 3.15. The maximum absolute atomic E-state index is 11.8. The molecule has 1 saturated heterocycles. The number of carbonyl (C=O) groups excluding carboxylic acids is 1. The van der Waals surface area contributed by atoms with E-state index in [-0.39, 0.29) is 6.03 Å². The van der Waals surface area contributed by atoms with Crippen LogP contribution < -0.4 is 10.6 Å².